The van der Waals surface area contributed by atoms with Crippen molar-refractivity contribution < 1.29 is 0 Å². The van der Waals surface area contributed by atoms with Crippen LogP contribution in [0.5, 0.6) is 0 Å². The Bertz CT molecular complexity index is 3470. The fourth-order valence-electron chi connectivity index (χ4n) is 10.4. The van der Waals surface area contributed by atoms with Gasteiger partial charge in [-0.2, -0.15) is 0 Å². The third kappa shape index (κ3) is 3.57. The molecule has 8 heterocycles. The molecule has 0 atom stereocenters. The average Bonchev–Trinajstić information content (AvgIpc) is 4.00. The molecule has 0 N–H and O–H groups in total. The highest BCUT2D eigenvalue weighted by molar-refractivity contribution is 7.00. The second-order valence-corrected chi connectivity index (χ2v) is 15.2. The molecular formula is C49H28BN7. The van der Waals surface area contributed by atoms with Crippen molar-refractivity contribution in [3.63, 3.8) is 0 Å². The molecule has 6 aromatic heterocycles. The molecule has 8 heteroatoms. The molecule has 0 fully saturated rings. The van der Waals surface area contributed by atoms with Gasteiger partial charge in [0.2, 0.25) is 0 Å². The number of benzene rings is 6. The van der Waals surface area contributed by atoms with Gasteiger partial charge in [0.05, 0.1) is 33.0 Å². The van der Waals surface area contributed by atoms with Crippen LogP contribution in [0.2, 0.25) is 0 Å². The van der Waals surface area contributed by atoms with Crippen molar-refractivity contribution in [2.45, 2.75) is 0 Å². The van der Waals surface area contributed by atoms with Crippen LogP contribution >= 0.6 is 0 Å². The Morgan fingerprint density at radius 3 is 1.67 bits per heavy atom. The van der Waals surface area contributed by atoms with Gasteiger partial charge in [-0.3, -0.25) is 23.3 Å². The first-order chi connectivity index (χ1) is 28.3. The largest absolute Gasteiger partial charge is 0.296 e. The van der Waals surface area contributed by atoms with Crippen molar-refractivity contribution in [2.24, 2.45) is 0 Å². The molecule has 0 radical (unpaired) electrons. The molecule has 6 aromatic carbocycles. The van der Waals surface area contributed by atoms with Crippen LogP contribution in [0.25, 0.3) is 99.9 Å². The van der Waals surface area contributed by atoms with Gasteiger partial charge in [-0.05, 0) is 77.1 Å². The van der Waals surface area contributed by atoms with Crippen LogP contribution in [0.4, 0.5) is 0 Å². The van der Waals surface area contributed by atoms with Crippen LogP contribution < -0.4 is 16.4 Å². The van der Waals surface area contributed by atoms with Gasteiger partial charge in [0, 0.05) is 68.4 Å². The van der Waals surface area contributed by atoms with Gasteiger partial charge in [-0.25, -0.2) is 9.97 Å². The molecule has 0 unspecified atom stereocenters. The standard InChI is InChI=1S/C49H28BN7/c1-3-13-30(14-4-1)54-37-21-9-7-17-32(37)41-34-19-11-20-35-45(34)56(48(41)54)39-27-29(47-52-24-12-25-53-47)28-40-43(39)50(35)36-23-26-51-44-42-33-18-8-10-22-38(33)55(31-15-5-2-6-16-31)49(42)57(40)46(36)44/h1-28H. The summed E-state index contributed by atoms with van der Waals surface area (Å²) < 4.78 is 9.92. The third-order valence-corrected chi connectivity index (χ3v) is 12.5. The number of nitrogens with zero attached hydrogens (tertiary/aromatic N) is 7. The maximum absolute atomic E-state index is 5.22. The molecule has 14 rings (SSSR count). The highest BCUT2D eigenvalue weighted by Crippen LogP contribution is 2.45. The first kappa shape index (κ1) is 29.6. The minimum atomic E-state index is -0.0270. The number of aromatic nitrogens is 7. The van der Waals surface area contributed by atoms with Crippen molar-refractivity contribution in [2.75, 3.05) is 0 Å². The van der Waals surface area contributed by atoms with E-state index < -0.39 is 0 Å². The maximum atomic E-state index is 5.22. The zero-order valence-corrected chi connectivity index (χ0v) is 30.4. The van der Waals surface area contributed by atoms with Gasteiger partial charge in [-0.1, -0.05) is 91.0 Å². The van der Waals surface area contributed by atoms with Crippen molar-refractivity contribution in [1.29, 1.82) is 0 Å². The molecule has 0 saturated carbocycles. The minimum absolute atomic E-state index is 0.0270. The lowest BCUT2D eigenvalue weighted by atomic mass is 9.34. The summed E-state index contributed by atoms with van der Waals surface area (Å²) >= 11 is 0. The lowest BCUT2D eigenvalue weighted by Gasteiger charge is -2.34. The molecule has 7 nitrogen and oxygen atoms in total. The van der Waals surface area contributed by atoms with Gasteiger partial charge >= 0.3 is 0 Å². The predicted molar refractivity (Wildman–Crippen MR) is 232 cm³/mol. The fourth-order valence-corrected chi connectivity index (χ4v) is 10.4. The number of hydrogen-bond acceptors (Lipinski definition) is 3. The summed E-state index contributed by atoms with van der Waals surface area (Å²) in [6, 6.07) is 54.8. The van der Waals surface area contributed by atoms with E-state index in [1.807, 2.05) is 24.7 Å². The molecule has 0 amide bonds. The Morgan fingerprint density at radius 1 is 0.421 bits per heavy atom. The van der Waals surface area contributed by atoms with Crippen LogP contribution in [0, 0.1) is 0 Å². The van der Waals surface area contributed by atoms with Crippen LogP contribution in [-0.4, -0.2) is 39.9 Å². The van der Waals surface area contributed by atoms with Gasteiger partial charge in [0.25, 0.3) is 6.71 Å². The minimum Gasteiger partial charge on any atom is -0.296 e. The second-order valence-electron chi connectivity index (χ2n) is 15.2. The predicted octanol–water partition coefficient (Wildman–Crippen LogP) is 8.76. The summed E-state index contributed by atoms with van der Waals surface area (Å²) in [7, 11) is 0. The van der Waals surface area contributed by atoms with Crippen molar-refractivity contribution >= 4 is 88.9 Å². The van der Waals surface area contributed by atoms with Crippen molar-refractivity contribution in [3.05, 3.63) is 170 Å². The normalized spacial score (nSPS) is 12.9. The first-order valence-corrected chi connectivity index (χ1v) is 19.4. The second kappa shape index (κ2) is 10.5. The summed E-state index contributed by atoms with van der Waals surface area (Å²) in [5, 5.41) is 6.09. The van der Waals surface area contributed by atoms with Crippen LogP contribution in [0.3, 0.4) is 0 Å². The summed E-state index contributed by atoms with van der Waals surface area (Å²) in [6.07, 6.45) is 5.70. The van der Waals surface area contributed by atoms with E-state index in [2.05, 4.69) is 164 Å². The molecule has 0 aliphatic carbocycles. The van der Waals surface area contributed by atoms with Gasteiger partial charge in [-0.15, -0.1) is 0 Å². The van der Waals surface area contributed by atoms with Crippen molar-refractivity contribution in [3.8, 4) is 34.1 Å². The van der Waals surface area contributed by atoms with E-state index in [0.717, 1.165) is 61.5 Å². The Balaban J connectivity index is 1.24. The summed E-state index contributed by atoms with van der Waals surface area (Å²) in [5.74, 6) is 0.690. The smallest absolute Gasteiger partial charge is 0.252 e. The summed E-state index contributed by atoms with van der Waals surface area (Å²) in [4.78, 5) is 14.9. The van der Waals surface area contributed by atoms with Gasteiger partial charge in [0.1, 0.15) is 11.3 Å². The zero-order chi connectivity index (χ0) is 36.9. The quantitative estimate of drug-likeness (QED) is 0.171. The molecule has 262 valence electrons. The van der Waals surface area contributed by atoms with E-state index in [1.54, 1.807) is 0 Å². The molecule has 0 bridgehead atoms. The zero-order valence-electron chi connectivity index (χ0n) is 30.4. The molecule has 0 spiro atoms. The van der Waals surface area contributed by atoms with Crippen LogP contribution in [0.1, 0.15) is 0 Å². The topological polar surface area (TPSA) is 58.4 Å². The van der Waals surface area contributed by atoms with E-state index in [9.17, 15) is 0 Å². The van der Waals surface area contributed by atoms with Gasteiger partial charge in [0.15, 0.2) is 5.82 Å². The summed E-state index contributed by atoms with van der Waals surface area (Å²) in [6.45, 7) is -0.0270. The Morgan fingerprint density at radius 2 is 0.982 bits per heavy atom. The molecule has 57 heavy (non-hydrogen) atoms. The van der Waals surface area contributed by atoms with E-state index in [1.165, 1.54) is 49.0 Å². The van der Waals surface area contributed by atoms with E-state index in [4.69, 9.17) is 15.0 Å². The average molecular weight is 726 g/mol. The molecule has 2 aliphatic heterocycles. The van der Waals surface area contributed by atoms with E-state index >= 15 is 0 Å². The Labute approximate surface area is 325 Å². The van der Waals surface area contributed by atoms with Crippen LogP contribution in [0.15, 0.2) is 170 Å². The van der Waals surface area contributed by atoms with Crippen LogP contribution in [-0.2, 0) is 0 Å². The third-order valence-electron chi connectivity index (χ3n) is 12.5. The van der Waals surface area contributed by atoms with E-state index in [0.29, 0.717) is 5.82 Å². The molecule has 12 aromatic rings. The molecule has 2 aliphatic rings. The Hall–Kier alpha value is -7.71. The highest BCUT2D eigenvalue weighted by Gasteiger charge is 2.43. The molecular weight excluding hydrogens is 697 g/mol. The number of rotatable bonds is 3. The highest BCUT2D eigenvalue weighted by atomic mass is 15.2. The fraction of sp³-hybridized carbons (Fsp3) is 0. The summed E-state index contributed by atoms with van der Waals surface area (Å²) in [5.41, 5.74) is 17.3. The SMILES string of the molecule is c1ccc(-n2c3ccccc3c3c4cccc5c4n(c32)-c2cc(-c3ncccn3)cc3c2B5c2ccnc4c5c6ccccc6n(-c6ccccc6)c5n-3c24)cc1. The number of hydrogen-bond donors (Lipinski definition) is 0. The first-order valence-electron chi connectivity index (χ1n) is 19.4. The lowest BCUT2D eigenvalue weighted by Crippen LogP contribution is -2.59. The van der Waals surface area contributed by atoms with Gasteiger partial charge < -0.3 is 0 Å². The number of para-hydroxylation sites is 5. The van der Waals surface area contributed by atoms with Crippen molar-refractivity contribution in [1.82, 2.24) is 33.2 Å². The monoisotopic (exact) mass is 725 g/mol. The molecule has 0 saturated heterocycles. The lowest BCUT2D eigenvalue weighted by molar-refractivity contribution is 1.05. The number of pyridine rings is 1. The maximum Gasteiger partial charge on any atom is 0.252 e. The van der Waals surface area contributed by atoms with E-state index in [-0.39, 0.29) is 6.71 Å². The number of fused-ring (bicyclic) bond motifs is 14. The Kier molecular flexibility index (Phi) is 5.47.